The first-order valence-corrected chi connectivity index (χ1v) is 8.47. The highest BCUT2D eigenvalue weighted by molar-refractivity contribution is 6.32. The maximum Gasteiger partial charge on any atom is 0.266 e. The van der Waals surface area contributed by atoms with Crippen LogP contribution in [0.1, 0.15) is 11.1 Å². The Morgan fingerprint density at radius 1 is 1.33 bits per heavy atom. The van der Waals surface area contributed by atoms with Gasteiger partial charge < -0.3 is 14.8 Å². The minimum Gasteiger partial charge on any atom is -0.493 e. The number of benzene rings is 2. The molecular formula is C21H19ClN2O3. The minimum absolute atomic E-state index is 0.0616. The summed E-state index contributed by atoms with van der Waals surface area (Å²) in [5.74, 6) is 0.258. The van der Waals surface area contributed by atoms with Gasteiger partial charge in [0.1, 0.15) is 18.2 Å². The van der Waals surface area contributed by atoms with E-state index < -0.39 is 5.91 Å². The maximum atomic E-state index is 12.4. The number of aryl methyl sites for hydroxylation is 1. The van der Waals surface area contributed by atoms with Gasteiger partial charge in [0.05, 0.1) is 12.1 Å². The third-order valence-electron chi connectivity index (χ3n) is 3.58. The van der Waals surface area contributed by atoms with Gasteiger partial charge in [-0.3, -0.25) is 4.79 Å². The van der Waals surface area contributed by atoms with E-state index in [1.54, 1.807) is 30.3 Å². The van der Waals surface area contributed by atoms with Crippen molar-refractivity contribution in [1.82, 2.24) is 0 Å². The van der Waals surface area contributed by atoms with E-state index in [2.05, 4.69) is 11.9 Å². The Morgan fingerprint density at radius 3 is 2.63 bits per heavy atom. The molecule has 0 fully saturated rings. The lowest BCUT2D eigenvalue weighted by atomic mass is 10.1. The molecule has 2 aromatic rings. The summed E-state index contributed by atoms with van der Waals surface area (Å²) in [6.07, 6.45) is 3.03. The molecule has 1 N–H and O–H groups in total. The lowest BCUT2D eigenvalue weighted by Crippen LogP contribution is -2.13. The number of halogens is 1. The van der Waals surface area contributed by atoms with Crippen LogP contribution in [0.4, 0.5) is 5.69 Å². The van der Waals surface area contributed by atoms with E-state index in [0.717, 1.165) is 5.56 Å². The van der Waals surface area contributed by atoms with Gasteiger partial charge in [0.15, 0.2) is 11.5 Å². The molecule has 0 aromatic heterocycles. The van der Waals surface area contributed by atoms with Crippen molar-refractivity contribution in [1.29, 1.82) is 5.26 Å². The Hall–Kier alpha value is -3.23. The van der Waals surface area contributed by atoms with Gasteiger partial charge in [-0.25, -0.2) is 0 Å². The normalized spacial score (nSPS) is 10.7. The van der Waals surface area contributed by atoms with Crippen LogP contribution in [0.2, 0.25) is 5.02 Å². The fourth-order valence-corrected chi connectivity index (χ4v) is 2.53. The number of amides is 1. The summed E-state index contributed by atoms with van der Waals surface area (Å²) in [6, 6.07) is 12.4. The number of nitriles is 1. The number of hydrogen-bond acceptors (Lipinski definition) is 4. The van der Waals surface area contributed by atoms with Gasteiger partial charge in [-0.05, 0) is 42.8 Å². The summed E-state index contributed by atoms with van der Waals surface area (Å²) in [4.78, 5) is 12.4. The molecule has 1 amide bonds. The zero-order chi connectivity index (χ0) is 19.8. The molecule has 0 atom stereocenters. The molecule has 0 spiro atoms. The largest absolute Gasteiger partial charge is 0.493 e. The second kappa shape index (κ2) is 9.46. The molecule has 0 aliphatic rings. The predicted molar refractivity (Wildman–Crippen MR) is 107 cm³/mol. The summed E-state index contributed by atoms with van der Waals surface area (Å²) in [7, 11) is 1.48. The summed E-state index contributed by atoms with van der Waals surface area (Å²) >= 11 is 6.25. The van der Waals surface area contributed by atoms with Gasteiger partial charge in [0, 0.05) is 5.69 Å². The van der Waals surface area contributed by atoms with Crippen LogP contribution in [0, 0.1) is 18.3 Å². The molecule has 0 unspecified atom stereocenters. The minimum atomic E-state index is -0.511. The first kappa shape index (κ1) is 20.1. The first-order valence-electron chi connectivity index (χ1n) is 8.09. The third kappa shape index (κ3) is 5.37. The monoisotopic (exact) mass is 382 g/mol. The van der Waals surface area contributed by atoms with Gasteiger partial charge in [-0.15, -0.1) is 0 Å². The van der Waals surface area contributed by atoms with Gasteiger partial charge in [0.2, 0.25) is 0 Å². The van der Waals surface area contributed by atoms with Gasteiger partial charge in [0.25, 0.3) is 5.91 Å². The zero-order valence-electron chi connectivity index (χ0n) is 15.1. The molecule has 0 aliphatic carbocycles. The molecule has 0 radical (unpaired) electrons. The number of ether oxygens (including phenoxy) is 2. The van der Waals surface area contributed by atoms with Crippen molar-refractivity contribution in [3.63, 3.8) is 0 Å². The van der Waals surface area contributed by atoms with E-state index in [-0.39, 0.29) is 12.2 Å². The maximum absolute atomic E-state index is 12.4. The van der Waals surface area contributed by atoms with Crippen LogP contribution in [-0.4, -0.2) is 19.6 Å². The average molecular weight is 383 g/mol. The average Bonchev–Trinajstić information content (AvgIpc) is 2.66. The fraction of sp³-hybridized carbons (Fsp3) is 0.143. The molecule has 0 saturated carbocycles. The smallest absolute Gasteiger partial charge is 0.266 e. The SMILES string of the molecule is C=CCOc1c(Cl)cc(/C=C(/C#N)C(=O)Nc2ccc(C)cc2)cc1OC. The van der Waals surface area contributed by atoms with Crippen molar-refractivity contribution in [2.24, 2.45) is 0 Å². The molecule has 0 saturated heterocycles. The number of carbonyl (C=O) groups excluding carboxylic acids is 1. The van der Waals surface area contributed by atoms with Crippen molar-refractivity contribution in [2.75, 3.05) is 19.0 Å². The van der Waals surface area contributed by atoms with Gasteiger partial charge >= 0.3 is 0 Å². The molecule has 6 heteroatoms. The lowest BCUT2D eigenvalue weighted by molar-refractivity contribution is -0.112. The predicted octanol–water partition coefficient (Wildman–Crippen LogP) is 4.77. The van der Waals surface area contributed by atoms with E-state index >= 15 is 0 Å². The summed E-state index contributed by atoms with van der Waals surface area (Å²) < 4.78 is 10.8. The quantitative estimate of drug-likeness (QED) is 0.425. The second-order valence-corrected chi connectivity index (χ2v) is 6.03. The first-order chi connectivity index (χ1) is 13.0. The Morgan fingerprint density at radius 2 is 2.04 bits per heavy atom. The molecule has 0 heterocycles. The molecule has 0 aliphatic heterocycles. The number of carbonyl (C=O) groups is 1. The van der Waals surface area contributed by atoms with Crippen LogP contribution >= 0.6 is 11.6 Å². The molecule has 2 rings (SSSR count). The molecule has 0 bridgehead atoms. The number of rotatable bonds is 7. The van der Waals surface area contributed by atoms with E-state index in [1.165, 1.54) is 13.2 Å². The van der Waals surface area contributed by atoms with Crippen molar-refractivity contribution in [3.05, 3.63) is 70.8 Å². The Labute approximate surface area is 163 Å². The van der Waals surface area contributed by atoms with E-state index in [4.69, 9.17) is 21.1 Å². The van der Waals surface area contributed by atoms with Crippen LogP contribution in [0.5, 0.6) is 11.5 Å². The standard InChI is InChI=1S/C21H19ClN2O3/c1-4-9-27-20-18(22)11-15(12-19(20)26-3)10-16(13-23)21(25)24-17-7-5-14(2)6-8-17/h4-8,10-12H,1,9H2,2-3H3,(H,24,25)/b16-10-. The van der Waals surface area contributed by atoms with Gasteiger partial charge in [-0.2, -0.15) is 5.26 Å². The number of nitrogens with zero attached hydrogens (tertiary/aromatic N) is 1. The number of methoxy groups -OCH3 is 1. The molecule has 5 nitrogen and oxygen atoms in total. The Bertz CT molecular complexity index is 912. The number of hydrogen-bond donors (Lipinski definition) is 1. The Kier molecular flexibility index (Phi) is 7.04. The van der Waals surface area contributed by atoms with Crippen LogP contribution in [0.3, 0.4) is 0 Å². The van der Waals surface area contributed by atoms with Crippen molar-refractivity contribution < 1.29 is 14.3 Å². The molecule has 138 valence electrons. The van der Waals surface area contributed by atoms with Crippen molar-refractivity contribution in [3.8, 4) is 17.6 Å². The highest BCUT2D eigenvalue weighted by Crippen LogP contribution is 2.37. The topological polar surface area (TPSA) is 71.3 Å². The summed E-state index contributed by atoms with van der Waals surface area (Å²) in [6.45, 7) is 5.81. The van der Waals surface area contributed by atoms with Gasteiger partial charge in [-0.1, -0.05) is 42.0 Å². The third-order valence-corrected chi connectivity index (χ3v) is 3.86. The molecular weight excluding hydrogens is 364 g/mol. The highest BCUT2D eigenvalue weighted by atomic mass is 35.5. The summed E-state index contributed by atoms with van der Waals surface area (Å²) in [5.41, 5.74) is 2.16. The lowest BCUT2D eigenvalue weighted by Gasteiger charge is -2.12. The summed E-state index contributed by atoms with van der Waals surface area (Å²) in [5, 5.41) is 12.4. The molecule has 2 aromatic carbocycles. The van der Waals surface area contributed by atoms with Crippen LogP contribution in [0.25, 0.3) is 6.08 Å². The van der Waals surface area contributed by atoms with Crippen molar-refractivity contribution in [2.45, 2.75) is 6.92 Å². The van der Waals surface area contributed by atoms with E-state index in [9.17, 15) is 10.1 Å². The van der Waals surface area contributed by atoms with Crippen LogP contribution in [0.15, 0.2) is 54.6 Å². The van der Waals surface area contributed by atoms with Crippen molar-refractivity contribution >= 4 is 29.3 Å². The highest BCUT2D eigenvalue weighted by Gasteiger charge is 2.14. The van der Waals surface area contributed by atoms with E-state index in [0.29, 0.717) is 27.8 Å². The van der Waals surface area contributed by atoms with Crippen LogP contribution < -0.4 is 14.8 Å². The second-order valence-electron chi connectivity index (χ2n) is 5.62. The zero-order valence-corrected chi connectivity index (χ0v) is 15.8. The number of nitrogens with one attached hydrogen (secondary N) is 1. The fourth-order valence-electron chi connectivity index (χ4n) is 2.26. The number of anilines is 1. The molecule has 27 heavy (non-hydrogen) atoms. The Balaban J connectivity index is 2.29. The van der Waals surface area contributed by atoms with Crippen LogP contribution in [-0.2, 0) is 4.79 Å². The van der Waals surface area contributed by atoms with E-state index in [1.807, 2.05) is 25.1 Å².